The first kappa shape index (κ1) is 80.0. The Labute approximate surface area is 604 Å². The fourth-order valence-corrected chi connectivity index (χ4v) is 13.2. The summed E-state index contributed by atoms with van der Waals surface area (Å²) in [7, 11) is 0. The quantitative estimate of drug-likeness (QED) is 0.0139. The Morgan fingerprint density at radius 2 is 0.990 bits per heavy atom. The standard InChI is InChI=1S/C45H57FN2O7.C38H45FN2O7/c1-30(2)42-41(38(49)27-31-13-19-35(20-14-31)52-26-25-51-24-22-47)40(32-11-9-8-10-12-32)43(33-15-17-34(46)18-16-33)48(42)23-21-36-28-37(54-45(6,7)53-36)29-39(50)55-44(3,4)5;1-25(2)37-36(33(44)22-26-8-14-32(15-9-26)48-21-20-47-19-17-40)35(27-6-4-3-5-7-27)38(28-10-12-29(39)13-11-28)41(37)18-16-30(42)23-31(43)24-34(45)46/h8-20,30,36-37H,21-29,47H2,1-7H3;3-15,25,30-31,42-43H,16-24,40H2,1-2H3,(H,45,46)/t36-,37-;30-,31-/m11/s1. The molecule has 4 atom stereocenters. The van der Waals surface area contributed by atoms with E-state index in [2.05, 4.69) is 18.4 Å². The molecule has 0 bridgehead atoms. The van der Waals surface area contributed by atoms with Crippen LogP contribution in [0.15, 0.2) is 158 Å². The number of aliphatic carboxylic acids is 1. The molecule has 20 heteroatoms. The second-order valence-corrected chi connectivity index (χ2v) is 27.9. The smallest absolute Gasteiger partial charge is 0.308 e. The van der Waals surface area contributed by atoms with Gasteiger partial charge in [-0.2, -0.15) is 0 Å². The zero-order chi connectivity index (χ0) is 74.4. The maximum atomic E-state index is 14.8. The van der Waals surface area contributed by atoms with Crippen molar-refractivity contribution in [2.75, 3.05) is 52.7 Å². The van der Waals surface area contributed by atoms with Gasteiger partial charge in [0.2, 0.25) is 0 Å². The molecule has 0 unspecified atom stereocenters. The first-order valence-electron chi connectivity index (χ1n) is 35.6. The molecule has 8 aromatic rings. The SMILES string of the molecule is CC(C)c1c(C(=O)Cc2ccc(OCCOCCN)cc2)c(-c2ccccc2)c(-c2ccc(F)cc2)n1CC[C@@H](O)C[C@@H](O)CC(=O)O.CC(C)c1c(C(=O)Cc2ccc(OCCOCCN)cc2)c(-c2ccccc2)c(-c2ccc(F)cc2)n1CC[C@@H]1C[C@H](CC(=O)OC(C)(C)C)OC(C)(C)O1. The van der Waals surface area contributed by atoms with E-state index in [-0.39, 0.29) is 86.0 Å². The van der Waals surface area contributed by atoms with Gasteiger partial charge in [-0.3, -0.25) is 19.2 Å². The molecule has 0 aliphatic carbocycles. The number of halogens is 2. The first-order chi connectivity index (χ1) is 49.2. The zero-order valence-electron chi connectivity index (χ0n) is 60.8. The highest BCUT2D eigenvalue weighted by Crippen LogP contribution is 2.46. The van der Waals surface area contributed by atoms with Gasteiger partial charge >= 0.3 is 11.9 Å². The lowest BCUT2D eigenvalue weighted by Crippen LogP contribution is -2.46. The fourth-order valence-electron chi connectivity index (χ4n) is 13.2. The van der Waals surface area contributed by atoms with Crippen molar-refractivity contribution in [1.29, 1.82) is 0 Å². The third kappa shape index (κ3) is 23.4. The molecule has 18 nitrogen and oxygen atoms in total. The molecule has 6 aromatic carbocycles. The molecule has 103 heavy (non-hydrogen) atoms. The molecule has 1 fully saturated rings. The number of esters is 1. The normalized spacial score (nSPS) is 15.0. The summed E-state index contributed by atoms with van der Waals surface area (Å²) in [5.41, 5.74) is 21.2. The third-order valence-electron chi connectivity index (χ3n) is 17.3. The van der Waals surface area contributed by atoms with Crippen LogP contribution in [0.5, 0.6) is 11.5 Å². The van der Waals surface area contributed by atoms with E-state index in [0.717, 1.165) is 50.5 Å². The number of hydrogen-bond acceptors (Lipinski definition) is 15. The number of aliphatic hydroxyl groups is 2. The van der Waals surface area contributed by atoms with Crippen LogP contribution in [0.2, 0.25) is 0 Å². The number of carbonyl (C=O) groups excluding carboxylic acids is 3. The van der Waals surface area contributed by atoms with Gasteiger partial charge in [0.05, 0.1) is 75.1 Å². The minimum Gasteiger partial charge on any atom is -0.491 e. The van der Waals surface area contributed by atoms with Gasteiger partial charge in [-0.25, -0.2) is 8.78 Å². The van der Waals surface area contributed by atoms with Gasteiger partial charge in [0.15, 0.2) is 17.4 Å². The summed E-state index contributed by atoms with van der Waals surface area (Å²) >= 11 is 0. The van der Waals surface area contributed by atoms with Crippen molar-refractivity contribution in [3.63, 3.8) is 0 Å². The highest BCUT2D eigenvalue weighted by Gasteiger charge is 2.39. The highest BCUT2D eigenvalue weighted by molar-refractivity contribution is 6.09. The number of nitrogens with zero attached hydrogens (tertiary/aromatic N) is 2. The third-order valence-corrected chi connectivity index (χ3v) is 17.3. The average molecular weight is 1420 g/mol. The zero-order valence-corrected chi connectivity index (χ0v) is 60.8. The van der Waals surface area contributed by atoms with Crippen LogP contribution in [0, 0.1) is 11.6 Å². The number of ketones is 2. The number of carboxylic acid groups (broad SMARTS) is 1. The molecule has 552 valence electrons. The summed E-state index contributed by atoms with van der Waals surface area (Å²) in [4.78, 5) is 53.1. The van der Waals surface area contributed by atoms with E-state index in [4.69, 9.17) is 49.7 Å². The maximum absolute atomic E-state index is 14.8. The Morgan fingerprint density at radius 3 is 1.40 bits per heavy atom. The van der Waals surface area contributed by atoms with E-state index in [9.17, 15) is 38.2 Å². The average Bonchev–Trinajstić information content (AvgIpc) is 1.60. The second-order valence-electron chi connectivity index (χ2n) is 27.9. The lowest BCUT2D eigenvalue weighted by atomic mass is 9.90. The largest absolute Gasteiger partial charge is 0.491 e. The van der Waals surface area contributed by atoms with Gasteiger partial charge in [0.25, 0.3) is 0 Å². The number of carboxylic acids is 1. The molecule has 3 heterocycles. The topological polar surface area (TPSA) is 255 Å². The minimum absolute atomic E-state index is 0.0191. The Balaban J connectivity index is 0.000000264. The molecule has 0 saturated carbocycles. The maximum Gasteiger partial charge on any atom is 0.308 e. The van der Waals surface area contributed by atoms with E-state index in [1.165, 1.54) is 24.3 Å². The van der Waals surface area contributed by atoms with Crippen molar-refractivity contribution in [3.05, 3.63) is 203 Å². The van der Waals surface area contributed by atoms with Crippen LogP contribution >= 0.6 is 0 Å². The molecule has 1 saturated heterocycles. The van der Waals surface area contributed by atoms with Gasteiger partial charge in [-0.05, 0) is 172 Å². The van der Waals surface area contributed by atoms with Crippen molar-refractivity contribution in [1.82, 2.24) is 9.13 Å². The van der Waals surface area contributed by atoms with Crippen LogP contribution in [0.3, 0.4) is 0 Å². The number of aliphatic hydroxyl groups excluding tert-OH is 2. The number of benzene rings is 6. The number of Topliss-reactive ketones (excluding diaryl/α,β-unsaturated/α-hetero) is 2. The van der Waals surface area contributed by atoms with Crippen molar-refractivity contribution < 1.29 is 76.4 Å². The van der Waals surface area contributed by atoms with Crippen molar-refractivity contribution >= 4 is 23.5 Å². The van der Waals surface area contributed by atoms with Crippen molar-refractivity contribution in [2.45, 2.75) is 174 Å². The number of nitrogens with two attached hydrogens (primary N) is 2. The number of hydrogen-bond donors (Lipinski definition) is 5. The van der Waals surface area contributed by atoms with Crippen LogP contribution in [0.25, 0.3) is 44.8 Å². The van der Waals surface area contributed by atoms with Crippen LogP contribution in [-0.4, -0.2) is 136 Å². The predicted octanol–water partition coefficient (Wildman–Crippen LogP) is 14.7. The van der Waals surface area contributed by atoms with Crippen molar-refractivity contribution in [3.8, 4) is 56.3 Å². The lowest BCUT2D eigenvalue weighted by Gasteiger charge is -2.41. The number of aromatic nitrogens is 2. The molecule has 7 N–H and O–H groups in total. The monoisotopic (exact) mass is 1420 g/mol. The molecule has 0 spiro atoms. The molecule has 0 radical (unpaired) electrons. The molecule has 2 aromatic heterocycles. The van der Waals surface area contributed by atoms with E-state index < -0.39 is 41.8 Å². The van der Waals surface area contributed by atoms with Gasteiger partial charge in [0.1, 0.15) is 41.9 Å². The number of carbonyl (C=O) groups is 4. The summed E-state index contributed by atoms with van der Waals surface area (Å²) in [6, 6.07) is 47.0. The molecular formula is C83H102F2N4O14. The Hall–Kier alpha value is -8.70. The van der Waals surface area contributed by atoms with E-state index in [0.29, 0.717) is 112 Å². The van der Waals surface area contributed by atoms with Gasteiger partial charge in [0, 0.05) is 79.1 Å². The van der Waals surface area contributed by atoms with Crippen molar-refractivity contribution in [2.24, 2.45) is 11.5 Å². The van der Waals surface area contributed by atoms with Crippen LogP contribution in [-0.2, 0) is 59.2 Å². The molecule has 9 rings (SSSR count). The summed E-state index contributed by atoms with van der Waals surface area (Å²) in [6.45, 7) is 21.8. The van der Waals surface area contributed by atoms with Crippen LogP contribution in [0.1, 0.15) is 156 Å². The van der Waals surface area contributed by atoms with Gasteiger partial charge in [-0.1, -0.05) is 113 Å². The van der Waals surface area contributed by atoms with Gasteiger partial charge < -0.3 is 69.1 Å². The van der Waals surface area contributed by atoms with Crippen LogP contribution < -0.4 is 20.9 Å². The Bertz CT molecular complexity index is 4000. The van der Waals surface area contributed by atoms with Gasteiger partial charge in [-0.15, -0.1) is 0 Å². The number of ether oxygens (including phenoxy) is 7. The van der Waals surface area contributed by atoms with E-state index >= 15 is 0 Å². The van der Waals surface area contributed by atoms with Crippen LogP contribution in [0.4, 0.5) is 8.78 Å². The Morgan fingerprint density at radius 1 is 0.563 bits per heavy atom. The second kappa shape index (κ2) is 38.2. The summed E-state index contributed by atoms with van der Waals surface area (Å²) < 4.78 is 73.3. The summed E-state index contributed by atoms with van der Waals surface area (Å²) in [5.74, 6) is -2.03. The van der Waals surface area contributed by atoms with E-state index in [1.54, 1.807) is 24.3 Å². The molecule has 1 aliphatic rings. The molecular weight excluding hydrogens is 1310 g/mol. The number of rotatable bonds is 36. The Kier molecular flexibility index (Phi) is 29.6. The predicted molar refractivity (Wildman–Crippen MR) is 395 cm³/mol. The first-order valence-corrected chi connectivity index (χ1v) is 35.6. The summed E-state index contributed by atoms with van der Waals surface area (Å²) in [5, 5.41) is 30.0. The molecule has 1 aliphatic heterocycles. The fraction of sp³-hybridized carbons (Fsp3) is 0.422. The van der Waals surface area contributed by atoms with E-state index in [1.807, 2.05) is 162 Å². The lowest BCUT2D eigenvalue weighted by molar-refractivity contribution is -0.301. The summed E-state index contributed by atoms with van der Waals surface area (Å²) in [6.07, 6.45) is -1.68. The molecule has 0 amide bonds. The highest BCUT2D eigenvalue weighted by atomic mass is 19.1. The minimum atomic E-state index is -1.19.